The molecule has 0 saturated heterocycles. The van der Waals surface area contributed by atoms with Crippen LogP contribution in [0.4, 0.5) is 13.2 Å². The molecule has 0 aliphatic rings. The van der Waals surface area contributed by atoms with Gasteiger partial charge in [0.1, 0.15) is 0 Å². The largest absolute Gasteiger partial charge is 0.481 e. The number of halogens is 3. The second kappa shape index (κ2) is 7.56. The van der Waals surface area contributed by atoms with Crippen molar-refractivity contribution in [1.82, 2.24) is 15.6 Å². The fourth-order valence-electron chi connectivity index (χ4n) is 1.46. The number of pyridine rings is 1. The van der Waals surface area contributed by atoms with Gasteiger partial charge in [-0.2, -0.15) is 13.2 Å². The molecule has 0 unspecified atom stereocenters. The van der Waals surface area contributed by atoms with E-state index in [1.807, 2.05) is 6.07 Å². The Morgan fingerprint density at radius 1 is 1.40 bits per heavy atom. The van der Waals surface area contributed by atoms with Gasteiger partial charge in [0.25, 0.3) is 0 Å². The zero-order valence-corrected chi connectivity index (χ0v) is 11.3. The summed E-state index contributed by atoms with van der Waals surface area (Å²) in [4.78, 5) is 7.87. The molecule has 2 N–H and O–H groups in total. The van der Waals surface area contributed by atoms with Gasteiger partial charge in [0.15, 0.2) is 5.96 Å². The zero-order chi connectivity index (χ0) is 15.0. The summed E-state index contributed by atoms with van der Waals surface area (Å²) in [5, 5.41) is 5.49. The van der Waals surface area contributed by atoms with E-state index < -0.39 is 12.6 Å². The maximum absolute atomic E-state index is 12.0. The van der Waals surface area contributed by atoms with E-state index >= 15 is 0 Å². The van der Waals surface area contributed by atoms with Crippen LogP contribution in [0.1, 0.15) is 12.0 Å². The average molecular weight is 290 g/mol. The third-order valence-corrected chi connectivity index (χ3v) is 2.41. The Hall–Kier alpha value is -1.99. The average Bonchev–Trinajstić information content (AvgIpc) is 2.41. The second-order valence-corrected chi connectivity index (χ2v) is 3.89. The minimum Gasteiger partial charge on any atom is -0.481 e. The van der Waals surface area contributed by atoms with Gasteiger partial charge in [-0.15, -0.1) is 0 Å². The molecule has 0 radical (unpaired) electrons. The molecule has 1 aromatic rings. The van der Waals surface area contributed by atoms with Crippen LogP contribution in [-0.2, 0) is 6.54 Å². The van der Waals surface area contributed by atoms with Gasteiger partial charge in [-0.1, -0.05) is 6.07 Å². The van der Waals surface area contributed by atoms with Crippen LogP contribution in [0.2, 0.25) is 0 Å². The molecule has 0 aliphatic carbocycles. The minimum atomic E-state index is -4.18. The van der Waals surface area contributed by atoms with Crippen molar-refractivity contribution in [3.05, 3.63) is 23.9 Å². The van der Waals surface area contributed by atoms with Crippen molar-refractivity contribution in [2.75, 3.05) is 20.7 Å². The van der Waals surface area contributed by atoms with Gasteiger partial charge in [-0.25, -0.2) is 4.98 Å². The number of alkyl halides is 3. The second-order valence-electron chi connectivity index (χ2n) is 3.89. The number of nitrogens with zero attached hydrogens (tertiary/aromatic N) is 2. The topological polar surface area (TPSA) is 58.5 Å². The van der Waals surface area contributed by atoms with E-state index in [-0.39, 0.29) is 6.54 Å². The van der Waals surface area contributed by atoms with E-state index in [1.54, 1.807) is 12.3 Å². The third kappa shape index (κ3) is 5.77. The summed E-state index contributed by atoms with van der Waals surface area (Å²) in [6.45, 7) is 0.121. The van der Waals surface area contributed by atoms with E-state index in [0.717, 1.165) is 5.56 Å². The first-order chi connectivity index (χ1) is 9.46. The molecule has 0 spiro atoms. The highest BCUT2D eigenvalue weighted by Crippen LogP contribution is 2.18. The van der Waals surface area contributed by atoms with Gasteiger partial charge in [0.05, 0.1) is 13.5 Å². The summed E-state index contributed by atoms with van der Waals surface area (Å²) in [6, 6.07) is 3.56. The lowest BCUT2D eigenvalue weighted by Gasteiger charge is -2.13. The van der Waals surface area contributed by atoms with Crippen LogP contribution in [0.3, 0.4) is 0 Å². The van der Waals surface area contributed by atoms with Gasteiger partial charge in [-0.3, -0.25) is 4.99 Å². The smallest absolute Gasteiger partial charge is 0.390 e. The molecule has 5 nitrogen and oxygen atoms in total. The summed E-state index contributed by atoms with van der Waals surface area (Å²) >= 11 is 0. The van der Waals surface area contributed by atoms with Gasteiger partial charge < -0.3 is 15.4 Å². The first-order valence-corrected chi connectivity index (χ1v) is 5.95. The lowest BCUT2D eigenvalue weighted by atomic mass is 10.2. The molecule has 0 atom stereocenters. The first kappa shape index (κ1) is 16.1. The zero-order valence-electron chi connectivity index (χ0n) is 11.3. The number of nitrogens with one attached hydrogen (secondary N) is 2. The molecule has 112 valence electrons. The van der Waals surface area contributed by atoms with E-state index in [0.29, 0.717) is 18.4 Å². The molecule has 0 saturated carbocycles. The number of rotatable bonds is 5. The Morgan fingerprint density at radius 2 is 2.15 bits per heavy atom. The maximum atomic E-state index is 12.0. The lowest BCUT2D eigenvalue weighted by Crippen LogP contribution is -2.38. The monoisotopic (exact) mass is 290 g/mol. The van der Waals surface area contributed by atoms with Crippen LogP contribution in [0.15, 0.2) is 23.3 Å². The van der Waals surface area contributed by atoms with Gasteiger partial charge in [0.2, 0.25) is 5.88 Å². The Kier molecular flexibility index (Phi) is 6.08. The number of hydrogen-bond acceptors (Lipinski definition) is 3. The molecule has 1 aromatic heterocycles. The van der Waals surface area contributed by atoms with Crippen molar-refractivity contribution in [3.8, 4) is 5.88 Å². The number of aliphatic imine (C=N–C) groups is 1. The van der Waals surface area contributed by atoms with Crippen LogP contribution in [-0.4, -0.2) is 37.8 Å². The van der Waals surface area contributed by atoms with E-state index in [9.17, 15) is 13.2 Å². The number of guanidine groups is 1. The molecular weight excluding hydrogens is 273 g/mol. The SMILES string of the molecule is CN=C(NCCC(F)(F)F)NCc1cccnc1OC. The molecule has 1 heterocycles. The Bertz CT molecular complexity index is 449. The molecule has 0 fully saturated rings. The van der Waals surface area contributed by atoms with Gasteiger partial charge in [0, 0.05) is 31.9 Å². The fourth-order valence-corrected chi connectivity index (χ4v) is 1.46. The number of hydrogen-bond donors (Lipinski definition) is 2. The Balaban J connectivity index is 2.46. The van der Waals surface area contributed by atoms with Crippen molar-refractivity contribution in [2.24, 2.45) is 4.99 Å². The fraction of sp³-hybridized carbons (Fsp3) is 0.500. The molecule has 8 heteroatoms. The predicted octanol–water partition coefficient (Wildman–Crippen LogP) is 1.71. The number of ether oxygens (including phenoxy) is 1. The quantitative estimate of drug-likeness (QED) is 0.640. The van der Waals surface area contributed by atoms with Crippen LogP contribution < -0.4 is 15.4 Å². The van der Waals surface area contributed by atoms with Crippen molar-refractivity contribution < 1.29 is 17.9 Å². The highest BCUT2D eigenvalue weighted by Gasteiger charge is 2.26. The van der Waals surface area contributed by atoms with E-state index in [1.165, 1.54) is 14.2 Å². The standard InChI is InChI=1S/C12H17F3N4O/c1-16-11(18-7-5-12(13,14)15)19-8-9-4-3-6-17-10(9)20-2/h3-4,6H,5,7-8H2,1-2H3,(H2,16,18,19). The Morgan fingerprint density at radius 3 is 2.75 bits per heavy atom. The molecule has 0 aromatic carbocycles. The van der Waals surface area contributed by atoms with Crippen molar-refractivity contribution >= 4 is 5.96 Å². The maximum Gasteiger partial charge on any atom is 0.390 e. The van der Waals surface area contributed by atoms with Crippen molar-refractivity contribution in [1.29, 1.82) is 0 Å². The molecular formula is C12H17F3N4O. The van der Waals surface area contributed by atoms with E-state index in [4.69, 9.17) is 4.74 Å². The van der Waals surface area contributed by atoms with Gasteiger partial charge >= 0.3 is 6.18 Å². The molecule has 0 amide bonds. The van der Waals surface area contributed by atoms with Gasteiger partial charge in [-0.05, 0) is 6.07 Å². The van der Waals surface area contributed by atoms with Crippen LogP contribution >= 0.6 is 0 Å². The molecule has 0 aliphatic heterocycles. The summed E-state index contributed by atoms with van der Waals surface area (Å²) in [7, 11) is 2.99. The molecule has 1 rings (SSSR count). The van der Waals surface area contributed by atoms with E-state index in [2.05, 4.69) is 20.6 Å². The molecule has 20 heavy (non-hydrogen) atoms. The lowest BCUT2D eigenvalue weighted by molar-refractivity contribution is -0.132. The van der Waals surface area contributed by atoms with Crippen molar-refractivity contribution in [3.63, 3.8) is 0 Å². The van der Waals surface area contributed by atoms with Crippen LogP contribution in [0.25, 0.3) is 0 Å². The predicted molar refractivity (Wildman–Crippen MR) is 69.7 cm³/mol. The van der Waals surface area contributed by atoms with Crippen molar-refractivity contribution in [2.45, 2.75) is 19.1 Å². The normalized spacial score (nSPS) is 12.2. The highest BCUT2D eigenvalue weighted by atomic mass is 19.4. The summed E-state index contributed by atoms with van der Waals surface area (Å²) in [5.41, 5.74) is 0.786. The van der Waals surface area contributed by atoms with Crippen LogP contribution in [0, 0.1) is 0 Å². The Labute approximate surface area is 115 Å². The summed E-state index contributed by atoms with van der Waals surface area (Å²) in [6.07, 6.45) is -3.50. The summed E-state index contributed by atoms with van der Waals surface area (Å²) < 4.78 is 41.2. The highest BCUT2D eigenvalue weighted by molar-refractivity contribution is 5.79. The number of methoxy groups -OCH3 is 1. The third-order valence-electron chi connectivity index (χ3n) is 2.41. The molecule has 0 bridgehead atoms. The summed E-state index contributed by atoms with van der Waals surface area (Å²) in [5.74, 6) is 0.755. The van der Waals surface area contributed by atoms with Crippen LogP contribution in [0.5, 0.6) is 5.88 Å². The minimum absolute atomic E-state index is 0.229. The first-order valence-electron chi connectivity index (χ1n) is 5.95. The number of aromatic nitrogens is 1.